The minimum Gasteiger partial charge on any atom is -0.480 e. The first-order chi connectivity index (χ1) is 18.1. The van der Waals surface area contributed by atoms with Crippen molar-refractivity contribution in [3.63, 3.8) is 0 Å². The Morgan fingerprint density at radius 3 is 2.08 bits per heavy atom. The Morgan fingerprint density at radius 1 is 0.892 bits per heavy atom. The highest BCUT2D eigenvalue weighted by atomic mass is 16.5. The topological polar surface area (TPSA) is 80.8 Å². The molecule has 4 rings (SSSR count). The van der Waals surface area contributed by atoms with E-state index in [0.717, 1.165) is 16.7 Å². The summed E-state index contributed by atoms with van der Waals surface area (Å²) in [6, 6.07) is 28.0. The van der Waals surface area contributed by atoms with Gasteiger partial charge in [-0.25, -0.2) is 9.59 Å². The van der Waals surface area contributed by atoms with Crippen molar-refractivity contribution in [2.24, 2.45) is 0 Å². The summed E-state index contributed by atoms with van der Waals surface area (Å²) in [6.45, 7) is 2.85. The molecule has 0 atom stereocenters. The number of rotatable bonds is 9. The average Bonchev–Trinajstić information content (AvgIpc) is 2.96. The molecule has 7 heteroatoms. The molecular formula is C30H29N3O4. The van der Waals surface area contributed by atoms with E-state index < -0.39 is 12.1 Å². The Morgan fingerprint density at radius 2 is 1.51 bits per heavy atom. The first kappa shape index (κ1) is 25.4. The largest absolute Gasteiger partial charge is 0.480 e. The minimum atomic E-state index is -0.560. The molecule has 0 aliphatic rings. The number of nitrogens with zero attached hydrogens (tertiary/aromatic N) is 2. The maximum Gasteiger partial charge on any atom is 0.341 e. The molecule has 1 N–H and O–H groups in total. The van der Waals surface area contributed by atoms with E-state index >= 15 is 0 Å². The normalized spacial score (nSPS) is 10.6. The zero-order valence-electron chi connectivity index (χ0n) is 20.8. The first-order valence-corrected chi connectivity index (χ1v) is 12.0. The molecule has 0 unspecified atom stereocenters. The second-order valence-electron chi connectivity index (χ2n) is 8.32. The molecule has 7 nitrogen and oxygen atoms in total. The van der Waals surface area contributed by atoms with Gasteiger partial charge in [0.1, 0.15) is 17.4 Å². The van der Waals surface area contributed by atoms with Crippen molar-refractivity contribution in [3.05, 3.63) is 126 Å². The number of esters is 1. The number of urea groups is 1. The number of methoxy groups -OCH3 is 1. The Labute approximate surface area is 216 Å². The van der Waals surface area contributed by atoms with Crippen LogP contribution in [-0.4, -0.2) is 35.5 Å². The number of aromatic nitrogens is 1. The van der Waals surface area contributed by atoms with Gasteiger partial charge in [-0.05, 0) is 53.9 Å². The zero-order valence-corrected chi connectivity index (χ0v) is 20.8. The highest BCUT2D eigenvalue weighted by molar-refractivity contribution is 5.96. The summed E-state index contributed by atoms with van der Waals surface area (Å²) in [7, 11) is 1.32. The van der Waals surface area contributed by atoms with Crippen molar-refractivity contribution in [3.8, 4) is 5.75 Å². The predicted molar refractivity (Wildman–Crippen MR) is 142 cm³/mol. The summed E-state index contributed by atoms with van der Waals surface area (Å²) in [6.07, 6.45) is 2.95. The number of ether oxygens (including phenoxy) is 2. The summed E-state index contributed by atoms with van der Waals surface area (Å²) >= 11 is 0. The second kappa shape index (κ2) is 12.4. The van der Waals surface area contributed by atoms with Crippen LogP contribution in [0.15, 0.2) is 103 Å². The molecule has 0 bridgehead atoms. The van der Waals surface area contributed by atoms with Crippen molar-refractivity contribution < 1.29 is 19.1 Å². The second-order valence-corrected chi connectivity index (χ2v) is 8.32. The number of carbonyl (C=O) groups excluding carboxylic acids is 2. The molecule has 0 saturated carbocycles. The lowest BCUT2D eigenvalue weighted by atomic mass is 10.0. The van der Waals surface area contributed by atoms with Gasteiger partial charge in [0.05, 0.1) is 7.11 Å². The van der Waals surface area contributed by atoms with Crippen molar-refractivity contribution >= 4 is 17.7 Å². The number of amides is 2. The number of anilines is 1. The molecule has 0 radical (unpaired) electrons. The first-order valence-electron chi connectivity index (χ1n) is 12.0. The highest BCUT2D eigenvalue weighted by Gasteiger charge is 2.22. The van der Waals surface area contributed by atoms with Crippen LogP contribution in [0.25, 0.3) is 0 Å². The van der Waals surface area contributed by atoms with Crippen LogP contribution in [0.5, 0.6) is 5.75 Å². The van der Waals surface area contributed by atoms with Crippen LogP contribution in [-0.2, 0) is 11.3 Å². The third kappa shape index (κ3) is 6.52. The number of hydrogen-bond donors (Lipinski definition) is 1. The van der Waals surface area contributed by atoms with Gasteiger partial charge in [-0.1, -0.05) is 60.7 Å². The number of nitrogens with one attached hydrogen (secondary N) is 1. The molecule has 3 aromatic carbocycles. The van der Waals surface area contributed by atoms with Gasteiger partial charge in [0.25, 0.3) is 0 Å². The predicted octanol–water partition coefficient (Wildman–Crippen LogP) is 6.09. The molecule has 1 heterocycles. The van der Waals surface area contributed by atoms with E-state index in [1.165, 1.54) is 7.11 Å². The van der Waals surface area contributed by atoms with E-state index in [0.29, 0.717) is 24.5 Å². The smallest absolute Gasteiger partial charge is 0.341 e. The van der Waals surface area contributed by atoms with Gasteiger partial charge in [0, 0.05) is 31.2 Å². The van der Waals surface area contributed by atoms with Crippen LogP contribution in [0.2, 0.25) is 0 Å². The van der Waals surface area contributed by atoms with Crippen LogP contribution >= 0.6 is 0 Å². The number of carbonyl (C=O) groups is 2. The number of pyridine rings is 1. The van der Waals surface area contributed by atoms with E-state index in [9.17, 15) is 9.59 Å². The van der Waals surface area contributed by atoms with E-state index in [1.807, 2.05) is 79.7 Å². The van der Waals surface area contributed by atoms with Gasteiger partial charge < -0.3 is 19.7 Å². The Kier molecular flexibility index (Phi) is 8.49. The van der Waals surface area contributed by atoms with Gasteiger partial charge in [0.15, 0.2) is 0 Å². The Hall–Kier alpha value is -4.65. The molecule has 0 saturated heterocycles. The molecule has 0 fully saturated rings. The monoisotopic (exact) mass is 495 g/mol. The molecule has 2 amide bonds. The molecule has 0 spiro atoms. The lowest BCUT2D eigenvalue weighted by Crippen LogP contribution is -2.34. The van der Waals surface area contributed by atoms with Crippen molar-refractivity contribution in [2.75, 3.05) is 19.0 Å². The maximum absolute atomic E-state index is 13.0. The molecular weight excluding hydrogens is 466 g/mol. The van der Waals surface area contributed by atoms with Gasteiger partial charge in [-0.15, -0.1) is 0 Å². The molecule has 188 valence electrons. The quantitative estimate of drug-likeness (QED) is 0.284. The molecule has 0 aliphatic heterocycles. The van der Waals surface area contributed by atoms with E-state index in [1.54, 1.807) is 35.5 Å². The van der Waals surface area contributed by atoms with Crippen LogP contribution in [0.4, 0.5) is 10.5 Å². The van der Waals surface area contributed by atoms with E-state index in [-0.39, 0.29) is 11.6 Å². The van der Waals surface area contributed by atoms with Crippen molar-refractivity contribution in [1.29, 1.82) is 0 Å². The molecule has 1 aromatic heterocycles. The number of hydrogen-bond acceptors (Lipinski definition) is 5. The van der Waals surface area contributed by atoms with Gasteiger partial charge in [-0.3, -0.25) is 4.98 Å². The summed E-state index contributed by atoms with van der Waals surface area (Å²) in [5.74, 6) is -0.207. The fourth-order valence-electron chi connectivity index (χ4n) is 3.93. The third-order valence-electron chi connectivity index (χ3n) is 5.88. The highest BCUT2D eigenvalue weighted by Crippen LogP contribution is 2.32. The van der Waals surface area contributed by atoms with Crippen molar-refractivity contribution in [2.45, 2.75) is 19.6 Å². The summed E-state index contributed by atoms with van der Waals surface area (Å²) in [5.41, 5.74) is 3.53. The average molecular weight is 496 g/mol. The lowest BCUT2D eigenvalue weighted by Gasteiger charge is -2.23. The van der Waals surface area contributed by atoms with Crippen LogP contribution in [0.3, 0.4) is 0 Å². The lowest BCUT2D eigenvalue weighted by molar-refractivity contribution is 0.0594. The summed E-state index contributed by atoms with van der Waals surface area (Å²) in [5, 5.41) is 2.88. The maximum atomic E-state index is 13.0. The zero-order chi connectivity index (χ0) is 26.0. The summed E-state index contributed by atoms with van der Waals surface area (Å²) < 4.78 is 11.4. The van der Waals surface area contributed by atoms with Crippen LogP contribution < -0.4 is 10.1 Å². The van der Waals surface area contributed by atoms with Crippen LogP contribution in [0, 0.1) is 0 Å². The minimum absolute atomic E-state index is 0.217. The summed E-state index contributed by atoms with van der Waals surface area (Å²) in [4.78, 5) is 31.4. The SMILES string of the molecule is CCN(Cc1ccncc1)C(=O)Nc1ccc(OC(c2ccccc2)c2ccccc2)c(C(=O)OC)c1. The van der Waals surface area contributed by atoms with Gasteiger partial charge in [0.2, 0.25) is 0 Å². The molecule has 37 heavy (non-hydrogen) atoms. The third-order valence-corrected chi connectivity index (χ3v) is 5.88. The van der Waals surface area contributed by atoms with Crippen molar-refractivity contribution in [1.82, 2.24) is 9.88 Å². The van der Waals surface area contributed by atoms with Gasteiger partial charge >= 0.3 is 12.0 Å². The van der Waals surface area contributed by atoms with E-state index in [2.05, 4.69) is 10.3 Å². The van der Waals surface area contributed by atoms with E-state index in [4.69, 9.17) is 9.47 Å². The molecule has 4 aromatic rings. The standard InChI is InChI=1S/C30H29N3O4/c1-3-33(21-22-16-18-31-19-17-22)30(35)32-25-14-15-27(26(20-25)29(34)36-2)37-28(23-10-6-4-7-11-23)24-12-8-5-9-13-24/h4-20,28H,3,21H2,1-2H3,(H,32,35). The number of benzene rings is 3. The van der Waals surface area contributed by atoms with Gasteiger partial charge in [-0.2, -0.15) is 0 Å². The molecule has 0 aliphatic carbocycles. The fourth-order valence-corrected chi connectivity index (χ4v) is 3.93. The van der Waals surface area contributed by atoms with Crippen LogP contribution in [0.1, 0.15) is 40.1 Å². The fraction of sp³-hybridized carbons (Fsp3) is 0.167. The Balaban J connectivity index is 1.60. The Bertz CT molecular complexity index is 1280.